The number of amidine groups is 2. The Morgan fingerprint density at radius 3 is 2.74 bits per heavy atom. The lowest BCUT2D eigenvalue weighted by atomic mass is 10.1. The van der Waals surface area contributed by atoms with Gasteiger partial charge in [0.05, 0.1) is 24.2 Å². The van der Waals surface area contributed by atoms with Gasteiger partial charge in [-0.3, -0.25) is 19.4 Å². The largest absolute Gasteiger partial charge is 0.495 e. The van der Waals surface area contributed by atoms with Crippen molar-refractivity contribution in [1.29, 1.82) is 0 Å². The highest BCUT2D eigenvalue weighted by atomic mass is 32.2. The number of aliphatic imine (C=N–C) groups is 2. The van der Waals surface area contributed by atoms with Gasteiger partial charge in [-0.25, -0.2) is 9.89 Å². The summed E-state index contributed by atoms with van der Waals surface area (Å²) >= 11 is 1.15. The summed E-state index contributed by atoms with van der Waals surface area (Å²) in [6.07, 6.45) is 0.356. The first-order chi connectivity index (χ1) is 20.5. The van der Waals surface area contributed by atoms with Crippen LogP contribution in [0, 0.1) is 0 Å². The minimum Gasteiger partial charge on any atom is -0.495 e. The van der Waals surface area contributed by atoms with Gasteiger partial charge in [0.2, 0.25) is 18.6 Å². The van der Waals surface area contributed by atoms with Crippen molar-refractivity contribution in [3.63, 3.8) is 0 Å². The standard InChI is InChI=1S/C30H27N5O6S/c1-39-23-9-5-4-8-21(23)32-27(37)16-42-30-34-20-7-3-2-6-19(20)28-33-22(29(38)35(28)30)11-13-26(36)31-15-18-10-12-24-25(14-18)41-17-40-24/h2-10,12,14,22H,11,13,15-17H2,1H3,(H,31,36)(H,32,37)/t22-/m1/s1. The number of carbonyl (C=O) groups excluding carboxylic acids is 3. The van der Waals surface area contributed by atoms with Crippen LogP contribution in [0.1, 0.15) is 24.0 Å². The number of thioether (sulfide) groups is 1. The van der Waals surface area contributed by atoms with Crippen molar-refractivity contribution in [2.45, 2.75) is 25.4 Å². The molecule has 3 aliphatic heterocycles. The molecule has 0 saturated carbocycles. The maximum absolute atomic E-state index is 13.5. The zero-order chi connectivity index (χ0) is 29.1. The minimum absolute atomic E-state index is 0.0169. The quantitative estimate of drug-likeness (QED) is 0.390. The summed E-state index contributed by atoms with van der Waals surface area (Å²) in [6.45, 7) is 0.512. The molecule has 0 saturated heterocycles. The Labute approximate surface area is 246 Å². The van der Waals surface area contributed by atoms with E-state index >= 15 is 0 Å². The molecule has 0 aromatic heterocycles. The summed E-state index contributed by atoms with van der Waals surface area (Å²) < 4.78 is 16.0. The maximum Gasteiger partial charge on any atom is 0.259 e. The van der Waals surface area contributed by atoms with Crippen LogP contribution in [0.2, 0.25) is 0 Å². The van der Waals surface area contributed by atoms with E-state index in [9.17, 15) is 14.4 Å². The number of methoxy groups -OCH3 is 1. The Kier molecular flexibility index (Phi) is 7.78. The van der Waals surface area contributed by atoms with Crippen LogP contribution in [-0.4, -0.2) is 59.3 Å². The number of anilines is 1. The number of rotatable bonds is 9. The molecule has 6 rings (SSSR count). The van der Waals surface area contributed by atoms with Crippen LogP contribution in [0.15, 0.2) is 76.7 Å². The van der Waals surface area contributed by atoms with E-state index in [0.29, 0.717) is 46.2 Å². The number of hydrogen-bond donors (Lipinski definition) is 2. The van der Waals surface area contributed by atoms with Crippen LogP contribution < -0.4 is 24.8 Å². The van der Waals surface area contributed by atoms with Gasteiger partial charge in [-0.15, -0.1) is 0 Å². The molecule has 0 spiro atoms. The normalized spacial score (nSPS) is 16.3. The number of nitrogens with zero attached hydrogens (tertiary/aromatic N) is 3. The van der Waals surface area contributed by atoms with Gasteiger partial charge < -0.3 is 24.8 Å². The molecule has 1 atom stereocenters. The molecule has 214 valence electrons. The van der Waals surface area contributed by atoms with Crippen LogP contribution in [0.4, 0.5) is 11.4 Å². The molecule has 3 heterocycles. The minimum atomic E-state index is -0.740. The predicted octanol–water partition coefficient (Wildman–Crippen LogP) is 3.85. The second kappa shape index (κ2) is 12.0. The number of para-hydroxylation sites is 3. The average molecular weight is 586 g/mol. The van der Waals surface area contributed by atoms with Gasteiger partial charge in [0, 0.05) is 18.5 Å². The molecule has 0 bridgehead atoms. The highest BCUT2D eigenvalue weighted by Crippen LogP contribution is 2.35. The Bertz CT molecular complexity index is 1620. The average Bonchev–Trinajstić information content (AvgIpc) is 3.62. The van der Waals surface area contributed by atoms with Gasteiger partial charge in [-0.2, -0.15) is 0 Å². The van der Waals surface area contributed by atoms with Crippen molar-refractivity contribution in [3.05, 3.63) is 77.9 Å². The van der Waals surface area contributed by atoms with Crippen molar-refractivity contribution in [1.82, 2.24) is 10.2 Å². The molecule has 0 fully saturated rings. The number of fused-ring (bicyclic) bond motifs is 4. The zero-order valence-electron chi connectivity index (χ0n) is 22.7. The second-order valence-electron chi connectivity index (χ2n) is 9.59. The number of benzene rings is 3. The van der Waals surface area contributed by atoms with Crippen molar-refractivity contribution in [2.75, 3.05) is 25.0 Å². The Hall–Kier alpha value is -4.84. The van der Waals surface area contributed by atoms with E-state index < -0.39 is 6.04 Å². The highest BCUT2D eigenvalue weighted by Gasteiger charge is 2.41. The molecular weight excluding hydrogens is 558 g/mol. The first-order valence-corrected chi connectivity index (χ1v) is 14.3. The lowest BCUT2D eigenvalue weighted by Crippen LogP contribution is -2.41. The van der Waals surface area contributed by atoms with Crippen molar-refractivity contribution >= 4 is 51.9 Å². The lowest BCUT2D eigenvalue weighted by molar-refractivity contribution is -0.125. The summed E-state index contributed by atoms with van der Waals surface area (Å²) in [5.41, 5.74) is 2.82. The van der Waals surface area contributed by atoms with E-state index in [1.807, 2.05) is 48.5 Å². The number of amides is 3. The fraction of sp³-hybridized carbons (Fsp3) is 0.233. The second-order valence-corrected chi connectivity index (χ2v) is 10.5. The third kappa shape index (κ3) is 5.66. The summed E-state index contributed by atoms with van der Waals surface area (Å²) in [4.78, 5) is 49.8. The molecule has 3 amide bonds. The molecule has 11 nitrogen and oxygen atoms in total. The smallest absolute Gasteiger partial charge is 0.259 e. The molecule has 3 aromatic rings. The SMILES string of the molecule is COc1ccccc1NC(=O)CSC1=Nc2ccccc2C2=N[C@H](CCC(=O)NCc3ccc4c(c3)OCO4)C(=O)N12. The molecule has 12 heteroatoms. The third-order valence-electron chi connectivity index (χ3n) is 6.83. The van der Waals surface area contributed by atoms with Crippen molar-refractivity contribution < 1.29 is 28.6 Å². The first kappa shape index (κ1) is 27.3. The summed E-state index contributed by atoms with van der Waals surface area (Å²) in [5, 5.41) is 6.09. The fourth-order valence-electron chi connectivity index (χ4n) is 4.76. The molecule has 2 N–H and O–H groups in total. The summed E-state index contributed by atoms with van der Waals surface area (Å²) in [7, 11) is 1.53. The van der Waals surface area contributed by atoms with Gasteiger partial charge in [-0.1, -0.05) is 42.1 Å². The van der Waals surface area contributed by atoms with Gasteiger partial charge in [0.25, 0.3) is 5.91 Å². The predicted molar refractivity (Wildman–Crippen MR) is 158 cm³/mol. The molecular formula is C30H27N5O6S. The monoisotopic (exact) mass is 585 g/mol. The number of ether oxygens (including phenoxy) is 3. The first-order valence-electron chi connectivity index (χ1n) is 13.3. The van der Waals surface area contributed by atoms with Crippen molar-refractivity contribution in [3.8, 4) is 17.2 Å². The Morgan fingerprint density at radius 1 is 1.05 bits per heavy atom. The zero-order valence-corrected chi connectivity index (χ0v) is 23.5. The Balaban J connectivity index is 1.09. The number of nitrogens with one attached hydrogen (secondary N) is 2. The summed E-state index contributed by atoms with van der Waals surface area (Å²) in [6, 6.07) is 19.3. The third-order valence-corrected chi connectivity index (χ3v) is 7.77. The molecule has 0 aliphatic carbocycles. The van der Waals surface area contributed by atoms with Gasteiger partial charge in [0.1, 0.15) is 17.6 Å². The van der Waals surface area contributed by atoms with Crippen LogP contribution in [-0.2, 0) is 20.9 Å². The van der Waals surface area contributed by atoms with E-state index in [0.717, 1.165) is 22.9 Å². The maximum atomic E-state index is 13.5. The van der Waals surface area contributed by atoms with Crippen LogP contribution in [0.5, 0.6) is 17.2 Å². The molecule has 0 unspecified atom stereocenters. The Morgan fingerprint density at radius 2 is 1.86 bits per heavy atom. The van der Waals surface area contributed by atoms with Gasteiger partial charge in [0.15, 0.2) is 16.7 Å². The van der Waals surface area contributed by atoms with Crippen molar-refractivity contribution in [2.24, 2.45) is 9.98 Å². The van der Waals surface area contributed by atoms with Crippen LogP contribution >= 0.6 is 11.8 Å². The summed E-state index contributed by atoms with van der Waals surface area (Å²) in [5.74, 6) is 1.63. The highest BCUT2D eigenvalue weighted by molar-refractivity contribution is 8.14. The number of carbonyl (C=O) groups is 3. The molecule has 42 heavy (non-hydrogen) atoms. The number of hydrogen-bond acceptors (Lipinski definition) is 9. The molecule has 0 radical (unpaired) electrons. The molecule has 3 aromatic carbocycles. The van der Waals surface area contributed by atoms with E-state index in [-0.39, 0.29) is 43.1 Å². The lowest BCUT2D eigenvalue weighted by Gasteiger charge is -2.25. The molecule has 3 aliphatic rings. The van der Waals surface area contributed by atoms with E-state index in [1.54, 1.807) is 18.2 Å². The van der Waals surface area contributed by atoms with Crippen LogP contribution in [0.3, 0.4) is 0 Å². The van der Waals surface area contributed by atoms with E-state index in [1.165, 1.54) is 12.0 Å². The fourth-order valence-corrected chi connectivity index (χ4v) is 5.56. The van der Waals surface area contributed by atoms with Gasteiger partial charge >= 0.3 is 0 Å². The van der Waals surface area contributed by atoms with Gasteiger partial charge in [-0.05, 0) is 48.4 Å². The topological polar surface area (TPSA) is 131 Å². The van der Waals surface area contributed by atoms with E-state index in [2.05, 4.69) is 15.6 Å². The van der Waals surface area contributed by atoms with E-state index in [4.69, 9.17) is 19.2 Å². The van der Waals surface area contributed by atoms with Crippen LogP contribution in [0.25, 0.3) is 0 Å².